The molecular weight excluding hydrogens is 450 g/mol. The van der Waals surface area contributed by atoms with Crippen molar-refractivity contribution in [3.63, 3.8) is 0 Å². The number of rotatable bonds is 6. The van der Waals surface area contributed by atoms with Crippen LogP contribution in [-0.2, 0) is 9.59 Å². The molecule has 0 saturated heterocycles. The maximum absolute atomic E-state index is 13.4. The van der Waals surface area contributed by atoms with Crippen LogP contribution in [0.2, 0.25) is 0 Å². The molecular formula is C26H25N3O4S. The fraction of sp³-hybridized carbons (Fsp3) is 0.269. The molecule has 5 rings (SSSR count). The van der Waals surface area contributed by atoms with E-state index in [2.05, 4.69) is 5.32 Å². The number of anilines is 1. The lowest BCUT2D eigenvalue weighted by Crippen LogP contribution is -2.32. The molecule has 1 aliphatic carbocycles. The van der Waals surface area contributed by atoms with Gasteiger partial charge in [-0.2, -0.15) is 5.10 Å². The molecule has 0 radical (unpaired) electrons. The van der Waals surface area contributed by atoms with Crippen LogP contribution in [0.4, 0.5) is 5.69 Å². The number of thioether (sulfide) groups is 1. The summed E-state index contributed by atoms with van der Waals surface area (Å²) in [5, 5.41) is 9.20. The Morgan fingerprint density at radius 1 is 1.15 bits per heavy atom. The van der Waals surface area contributed by atoms with Gasteiger partial charge in [0.05, 0.1) is 24.0 Å². The van der Waals surface area contributed by atoms with Gasteiger partial charge in [0, 0.05) is 23.4 Å². The number of nitrogens with zero attached hydrogens (tertiary/aromatic N) is 2. The third-order valence-electron chi connectivity index (χ3n) is 5.99. The van der Waals surface area contributed by atoms with E-state index in [9.17, 15) is 9.59 Å². The maximum Gasteiger partial charge on any atom is 0.253 e. The number of hydrogen-bond acceptors (Lipinski definition) is 6. The third-order valence-corrected chi connectivity index (χ3v) is 6.99. The minimum atomic E-state index is -0.249. The van der Waals surface area contributed by atoms with Crippen molar-refractivity contribution in [2.45, 2.75) is 37.1 Å². The van der Waals surface area contributed by atoms with E-state index >= 15 is 0 Å². The first-order valence-corrected chi connectivity index (χ1v) is 12.3. The average molecular weight is 476 g/mol. The van der Waals surface area contributed by atoms with Gasteiger partial charge < -0.3 is 14.2 Å². The largest absolute Gasteiger partial charge is 0.467 e. The number of nitrogens with one attached hydrogen (secondary N) is 1. The Morgan fingerprint density at radius 3 is 2.65 bits per heavy atom. The van der Waals surface area contributed by atoms with E-state index in [0.717, 1.165) is 52.7 Å². The molecule has 3 aromatic rings. The summed E-state index contributed by atoms with van der Waals surface area (Å²) < 4.78 is 11.3. The summed E-state index contributed by atoms with van der Waals surface area (Å²) in [5.41, 5.74) is 2.79. The molecule has 0 spiro atoms. The van der Waals surface area contributed by atoms with Gasteiger partial charge in [-0.3, -0.25) is 9.59 Å². The predicted molar refractivity (Wildman–Crippen MR) is 131 cm³/mol. The minimum absolute atomic E-state index is 0.0726. The SMILES string of the molecule is CC(=O)Nc1ccc(SCC(=O)N2N=C3/C(=C/c4ccco4)CCC[C@H]3[C@H]2c2ccco2)cc1. The van der Waals surface area contributed by atoms with Crippen LogP contribution >= 0.6 is 11.8 Å². The Morgan fingerprint density at radius 2 is 1.94 bits per heavy atom. The fourth-order valence-electron chi connectivity index (χ4n) is 4.54. The van der Waals surface area contributed by atoms with E-state index in [4.69, 9.17) is 13.9 Å². The van der Waals surface area contributed by atoms with Crippen molar-refractivity contribution in [2.75, 3.05) is 11.1 Å². The van der Waals surface area contributed by atoms with Gasteiger partial charge in [0.1, 0.15) is 17.6 Å². The van der Waals surface area contributed by atoms with Gasteiger partial charge in [0.25, 0.3) is 5.91 Å². The molecule has 1 aliphatic heterocycles. The van der Waals surface area contributed by atoms with Gasteiger partial charge in [-0.25, -0.2) is 5.01 Å². The lowest BCUT2D eigenvalue weighted by Gasteiger charge is -2.27. The van der Waals surface area contributed by atoms with Gasteiger partial charge in [-0.05, 0) is 79.4 Å². The molecule has 2 amide bonds. The number of allylic oxidation sites excluding steroid dienone is 1. The quantitative estimate of drug-likeness (QED) is 0.459. The predicted octanol–water partition coefficient (Wildman–Crippen LogP) is 5.75. The van der Waals surface area contributed by atoms with Gasteiger partial charge in [-0.15, -0.1) is 11.8 Å². The maximum atomic E-state index is 13.4. The standard InChI is InChI=1S/C26H25N3O4S/c1-17(30)27-19-9-11-21(12-10-19)34-16-24(31)29-26(23-8-4-14-33-23)22-7-2-5-18(25(22)28-29)15-20-6-3-13-32-20/h3-4,6,8-15,22,26H,2,5,7,16H2,1H3,(H,27,30)/b18-15+/t22-,26+/m1/s1. The van der Waals surface area contributed by atoms with Crippen LogP contribution in [0.5, 0.6) is 0 Å². The third kappa shape index (κ3) is 4.72. The second kappa shape index (κ2) is 9.77. The second-order valence-corrected chi connectivity index (χ2v) is 9.41. The van der Waals surface area contributed by atoms with Crippen molar-refractivity contribution >= 4 is 41.1 Å². The molecule has 174 valence electrons. The molecule has 1 saturated carbocycles. The highest BCUT2D eigenvalue weighted by Gasteiger charge is 2.45. The first-order valence-electron chi connectivity index (χ1n) is 11.3. The molecule has 8 heteroatoms. The number of fused-ring (bicyclic) bond motifs is 1. The van der Waals surface area contributed by atoms with Gasteiger partial charge >= 0.3 is 0 Å². The van der Waals surface area contributed by atoms with E-state index in [1.807, 2.05) is 54.6 Å². The number of benzene rings is 1. The van der Waals surface area contributed by atoms with Crippen molar-refractivity contribution < 1.29 is 18.4 Å². The summed E-state index contributed by atoms with van der Waals surface area (Å²) >= 11 is 1.45. The first-order chi connectivity index (χ1) is 16.6. The van der Waals surface area contributed by atoms with Crippen LogP contribution in [-0.4, -0.2) is 28.3 Å². The van der Waals surface area contributed by atoms with Crippen molar-refractivity contribution in [3.05, 3.63) is 78.2 Å². The zero-order valence-corrected chi connectivity index (χ0v) is 19.6. The molecule has 1 aromatic carbocycles. The van der Waals surface area contributed by atoms with Crippen LogP contribution in [0.15, 0.2) is 85.5 Å². The van der Waals surface area contributed by atoms with E-state index in [1.165, 1.54) is 18.7 Å². The molecule has 0 bridgehead atoms. The highest BCUT2D eigenvalue weighted by Crippen LogP contribution is 2.44. The van der Waals surface area contributed by atoms with Crippen molar-refractivity contribution in [3.8, 4) is 0 Å². The van der Waals surface area contributed by atoms with Gasteiger partial charge in [0.2, 0.25) is 5.91 Å². The summed E-state index contributed by atoms with van der Waals surface area (Å²) in [4.78, 5) is 25.5. The number of hydrogen-bond donors (Lipinski definition) is 1. The topological polar surface area (TPSA) is 88.0 Å². The van der Waals surface area contributed by atoms with Gasteiger partial charge in [0.15, 0.2) is 0 Å². The summed E-state index contributed by atoms with van der Waals surface area (Å²) in [6.07, 6.45) is 8.20. The Balaban J connectivity index is 1.36. The van der Waals surface area contributed by atoms with E-state index in [1.54, 1.807) is 17.5 Å². The van der Waals surface area contributed by atoms with Crippen LogP contribution in [0, 0.1) is 5.92 Å². The van der Waals surface area contributed by atoms with Gasteiger partial charge in [-0.1, -0.05) is 0 Å². The van der Waals surface area contributed by atoms with Crippen molar-refractivity contribution in [1.82, 2.24) is 5.01 Å². The molecule has 7 nitrogen and oxygen atoms in total. The lowest BCUT2D eigenvalue weighted by molar-refractivity contribution is -0.131. The van der Waals surface area contributed by atoms with E-state index in [-0.39, 0.29) is 29.5 Å². The van der Waals surface area contributed by atoms with Crippen LogP contribution in [0.25, 0.3) is 6.08 Å². The molecule has 3 heterocycles. The number of carbonyl (C=O) groups is 2. The molecule has 1 N–H and O–H groups in total. The summed E-state index contributed by atoms with van der Waals surface area (Å²) in [7, 11) is 0. The Kier molecular flexibility index (Phi) is 6.40. The molecule has 0 unspecified atom stereocenters. The van der Waals surface area contributed by atoms with Crippen LogP contribution in [0.1, 0.15) is 43.7 Å². The highest BCUT2D eigenvalue weighted by atomic mass is 32.2. The Bertz CT molecular complexity index is 1210. The summed E-state index contributed by atoms with van der Waals surface area (Å²) in [6, 6.07) is 14.8. The Hall–Kier alpha value is -3.52. The molecule has 2 aromatic heterocycles. The minimum Gasteiger partial charge on any atom is -0.467 e. The second-order valence-electron chi connectivity index (χ2n) is 8.36. The van der Waals surface area contributed by atoms with Crippen molar-refractivity contribution in [2.24, 2.45) is 11.0 Å². The Labute approximate surface area is 201 Å². The number of amides is 2. The zero-order chi connectivity index (χ0) is 23.5. The average Bonchev–Trinajstić information content (AvgIpc) is 3.59. The first kappa shape index (κ1) is 22.3. The summed E-state index contributed by atoms with van der Waals surface area (Å²) in [5.74, 6) is 1.69. The number of furan rings is 2. The zero-order valence-electron chi connectivity index (χ0n) is 18.8. The smallest absolute Gasteiger partial charge is 0.253 e. The molecule has 34 heavy (non-hydrogen) atoms. The molecule has 1 fully saturated rings. The summed E-state index contributed by atoms with van der Waals surface area (Å²) in [6.45, 7) is 1.47. The van der Waals surface area contributed by atoms with E-state index in [0.29, 0.717) is 0 Å². The number of hydrazone groups is 1. The fourth-order valence-corrected chi connectivity index (χ4v) is 5.29. The van der Waals surface area contributed by atoms with Crippen LogP contribution < -0.4 is 5.32 Å². The molecule has 2 atom stereocenters. The van der Waals surface area contributed by atoms with Crippen LogP contribution in [0.3, 0.4) is 0 Å². The normalized spacial score (nSPS) is 20.8. The van der Waals surface area contributed by atoms with Crippen molar-refractivity contribution in [1.29, 1.82) is 0 Å². The number of carbonyl (C=O) groups excluding carboxylic acids is 2. The monoisotopic (exact) mass is 475 g/mol. The lowest BCUT2D eigenvalue weighted by atomic mass is 9.79. The molecule has 2 aliphatic rings. The highest BCUT2D eigenvalue weighted by molar-refractivity contribution is 8.00. The van der Waals surface area contributed by atoms with E-state index < -0.39 is 0 Å².